The van der Waals surface area contributed by atoms with Gasteiger partial charge in [-0.3, -0.25) is 0 Å². The van der Waals surface area contributed by atoms with Crippen LogP contribution in [0.2, 0.25) is 0 Å². The second-order valence-electron chi connectivity index (χ2n) is 13.8. The first-order valence-electron chi connectivity index (χ1n) is 18.1. The molecule has 0 saturated carbocycles. The molecule has 1 unspecified atom stereocenters. The van der Waals surface area contributed by atoms with Crippen LogP contribution in [0.5, 0.6) is 0 Å². The van der Waals surface area contributed by atoms with Crippen LogP contribution in [0.15, 0.2) is 183 Å². The van der Waals surface area contributed by atoms with Crippen LogP contribution in [0, 0.1) is 22.7 Å². The molecule has 55 heavy (non-hydrogen) atoms. The van der Waals surface area contributed by atoms with Crippen molar-refractivity contribution in [3.8, 4) is 34.6 Å². The molecule has 1 atom stereocenters. The molecule has 0 spiro atoms. The van der Waals surface area contributed by atoms with E-state index >= 15 is 0 Å². The zero-order chi connectivity index (χ0) is 37.7. The fourth-order valence-corrected chi connectivity index (χ4v) is 8.59. The van der Waals surface area contributed by atoms with Crippen LogP contribution in [-0.2, 0) is 5.41 Å². The number of nitriles is 2. The van der Waals surface area contributed by atoms with Crippen molar-refractivity contribution in [2.75, 3.05) is 0 Å². The number of para-hydroxylation sites is 3. The second kappa shape index (κ2) is 13.1. The maximum absolute atomic E-state index is 10.2. The van der Waals surface area contributed by atoms with E-state index in [-0.39, 0.29) is 0 Å². The van der Waals surface area contributed by atoms with Gasteiger partial charge >= 0.3 is 0 Å². The Morgan fingerprint density at radius 2 is 1.20 bits per heavy atom. The average Bonchev–Trinajstić information content (AvgIpc) is 3.82. The number of fused-ring (bicyclic) bond motifs is 7. The molecule has 0 bridgehead atoms. The van der Waals surface area contributed by atoms with Crippen molar-refractivity contribution in [1.29, 1.82) is 10.5 Å². The van der Waals surface area contributed by atoms with E-state index in [0.29, 0.717) is 11.1 Å². The third kappa shape index (κ3) is 4.97. The highest BCUT2D eigenvalue weighted by molar-refractivity contribution is 6.09. The summed E-state index contributed by atoms with van der Waals surface area (Å²) >= 11 is 0. The Kier molecular flexibility index (Phi) is 7.89. The van der Waals surface area contributed by atoms with Crippen molar-refractivity contribution >= 4 is 45.4 Å². The summed E-state index contributed by atoms with van der Waals surface area (Å²) in [4.78, 5) is 0. The summed E-state index contributed by atoms with van der Waals surface area (Å²) in [5.41, 5.74) is 10.5. The summed E-state index contributed by atoms with van der Waals surface area (Å²) in [6, 6.07) is 51.2. The molecule has 0 radical (unpaired) electrons. The van der Waals surface area contributed by atoms with Crippen molar-refractivity contribution in [2.45, 2.75) is 5.41 Å². The molecule has 2 heterocycles. The Balaban J connectivity index is 1.41. The van der Waals surface area contributed by atoms with E-state index in [9.17, 15) is 10.5 Å². The van der Waals surface area contributed by atoms with Gasteiger partial charge in [-0.2, -0.15) is 10.5 Å². The summed E-state index contributed by atoms with van der Waals surface area (Å²) in [6.07, 6.45) is 11.2. The molecule has 1 aliphatic carbocycles. The van der Waals surface area contributed by atoms with E-state index in [1.165, 1.54) is 10.8 Å². The lowest BCUT2D eigenvalue weighted by Crippen LogP contribution is -2.28. The lowest BCUT2D eigenvalue weighted by molar-refractivity contribution is 0.800. The minimum absolute atomic E-state index is 0.469. The van der Waals surface area contributed by atoms with Crippen molar-refractivity contribution < 1.29 is 0 Å². The molecule has 4 nitrogen and oxygen atoms in total. The highest BCUT2D eigenvalue weighted by atomic mass is 15.0. The smallest absolute Gasteiger partial charge is 0.0991 e. The second-order valence-corrected chi connectivity index (χ2v) is 13.8. The fraction of sp³-hybridized carbons (Fsp3) is 0.0196. The van der Waals surface area contributed by atoms with Gasteiger partial charge in [-0.15, -0.1) is 0 Å². The highest BCUT2D eigenvalue weighted by Crippen LogP contribution is 2.55. The molecule has 258 valence electrons. The maximum atomic E-state index is 10.2. The minimum atomic E-state index is -0.905. The van der Waals surface area contributed by atoms with Gasteiger partial charge in [0.05, 0.1) is 50.6 Å². The van der Waals surface area contributed by atoms with Crippen molar-refractivity contribution in [2.24, 2.45) is 0 Å². The van der Waals surface area contributed by atoms with Gasteiger partial charge in [-0.05, 0) is 101 Å². The van der Waals surface area contributed by atoms with Crippen LogP contribution in [0.1, 0.15) is 22.3 Å². The Labute approximate surface area is 319 Å². The molecule has 0 N–H and O–H groups in total. The summed E-state index contributed by atoms with van der Waals surface area (Å²) in [5, 5.41) is 25.7. The molecule has 0 amide bonds. The zero-order valence-corrected chi connectivity index (χ0v) is 30.1. The predicted molar refractivity (Wildman–Crippen MR) is 227 cm³/mol. The van der Waals surface area contributed by atoms with Crippen LogP contribution in [0.25, 0.3) is 67.9 Å². The summed E-state index contributed by atoms with van der Waals surface area (Å²) in [7, 11) is 0. The minimum Gasteiger partial charge on any atom is -0.309 e. The molecule has 9 rings (SSSR count). The lowest BCUT2D eigenvalue weighted by Gasteiger charge is -2.31. The number of benzene rings is 6. The Bertz CT molecular complexity index is 3130. The fourth-order valence-electron chi connectivity index (χ4n) is 8.59. The van der Waals surface area contributed by atoms with Crippen molar-refractivity contribution in [3.05, 3.63) is 215 Å². The monoisotopic (exact) mass is 702 g/mol. The third-order valence-electron chi connectivity index (χ3n) is 10.9. The number of hydrogen-bond acceptors (Lipinski definition) is 2. The number of hydrogen-bond donors (Lipinski definition) is 0. The maximum Gasteiger partial charge on any atom is 0.0991 e. The van der Waals surface area contributed by atoms with Gasteiger partial charge in [-0.1, -0.05) is 117 Å². The SMILES string of the molecule is C=C/C=C(C#N)\C=C\C1(c2cccc(C#N)c2)c2cc(-n3/c(=C/C=C)c(=C)c4ccccc43)ccc2-c2ccc(-n3c4ccccc4c4ccccc43)cc21. The highest BCUT2D eigenvalue weighted by Gasteiger charge is 2.44. The van der Waals surface area contributed by atoms with Crippen LogP contribution >= 0.6 is 0 Å². The van der Waals surface area contributed by atoms with E-state index in [1.807, 2.05) is 42.5 Å². The van der Waals surface area contributed by atoms with Gasteiger partial charge < -0.3 is 9.13 Å². The molecule has 8 aromatic rings. The molecule has 0 fully saturated rings. The molecule has 2 aromatic heterocycles. The first kappa shape index (κ1) is 33.2. The van der Waals surface area contributed by atoms with Crippen LogP contribution in [0.3, 0.4) is 0 Å². The largest absolute Gasteiger partial charge is 0.309 e. The first-order chi connectivity index (χ1) is 27.0. The Morgan fingerprint density at radius 3 is 1.78 bits per heavy atom. The molecule has 4 heteroatoms. The topological polar surface area (TPSA) is 57.4 Å². The number of nitrogens with zero attached hydrogens (tertiary/aromatic N) is 4. The number of aromatic nitrogens is 2. The van der Waals surface area contributed by atoms with Gasteiger partial charge in [0, 0.05) is 32.8 Å². The van der Waals surface area contributed by atoms with Crippen LogP contribution in [0.4, 0.5) is 0 Å². The Hall–Kier alpha value is -7.66. The van der Waals surface area contributed by atoms with Crippen LogP contribution < -0.4 is 10.6 Å². The van der Waals surface area contributed by atoms with Crippen LogP contribution in [-0.4, -0.2) is 9.13 Å². The molecule has 6 aromatic carbocycles. The van der Waals surface area contributed by atoms with Gasteiger partial charge in [0.15, 0.2) is 0 Å². The van der Waals surface area contributed by atoms with Gasteiger partial charge in [0.25, 0.3) is 0 Å². The van der Waals surface area contributed by atoms with E-state index in [2.05, 4.69) is 150 Å². The summed E-state index contributed by atoms with van der Waals surface area (Å²) < 4.78 is 4.57. The number of rotatable bonds is 7. The average molecular weight is 703 g/mol. The quantitative estimate of drug-likeness (QED) is 0.123. The normalized spacial score (nSPS) is 15.3. The summed E-state index contributed by atoms with van der Waals surface area (Å²) in [6.45, 7) is 12.4. The first-order valence-corrected chi connectivity index (χ1v) is 18.1. The van der Waals surface area contributed by atoms with E-state index in [0.717, 1.165) is 71.7 Å². The van der Waals surface area contributed by atoms with Gasteiger partial charge in [0.1, 0.15) is 0 Å². The molecule has 1 aliphatic rings. The van der Waals surface area contributed by atoms with E-state index < -0.39 is 5.41 Å². The van der Waals surface area contributed by atoms with E-state index in [4.69, 9.17) is 0 Å². The molecular weight excluding hydrogens is 669 g/mol. The van der Waals surface area contributed by atoms with Gasteiger partial charge in [-0.25, -0.2) is 0 Å². The Morgan fingerprint density at radius 1 is 0.618 bits per heavy atom. The molecule has 0 aliphatic heterocycles. The van der Waals surface area contributed by atoms with E-state index in [1.54, 1.807) is 18.2 Å². The molecular formula is C51H34N4. The number of allylic oxidation sites excluding steroid dienone is 6. The third-order valence-corrected chi connectivity index (χ3v) is 10.9. The standard InChI is InChI=1S/C51H34N4/c1-4-13-35(32-52)27-28-51(37-16-12-15-36(29-37)33-53)45-30-38(54-47(14-5-2)34(3)40-17-6-9-20-48(40)54)23-25-41(45)42-26-24-39(31-46(42)51)55-49-21-10-7-18-43(49)44-19-8-11-22-50(44)55/h4-31H,1-3H2/b28-27+,35-13+,47-14+. The van der Waals surface area contributed by atoms with Crippen molar-refractivity contribution in [1.82, 2.24) is 9.13 Å². The zero-order valence-electron chi connectivity index (χ0n) is 30.1. The summed E-state index contributed by atoms with van der Waals surface area (Å²) in [5.74, 6) is 0. The lowest BCUT2D eigenvalue weighted by atomic mass is 9.71. The predicted octanol–water partition coefficient (Wildman–Crippen LogP) is 10.5. The van der Waals surface area contributed by atoms with Crippen molar-refractivity contribution in [3.63, 3.8) is 0 Å². The molecule has 0 saturated heterocycles. The van der Waals surface area contributed by atoms with Gasteiger partial charge in [0.2, 0.25) is 0 Å².